The molecule has 5 nitrogen and oxygen atoms in total. The molecule has 1 aromatic rings. The van der Waals surface area contributed by atoms with Crippen LogP contribution in [0.15, 0.2) is 11.4 Å². The lowest BCUT2D eigenvalue weighted by Gasteiger charge is -2.20. The van der Waals surface area contributed by atoms with Gasteiger partial charge in [-0.1, -0.05) is 25.6 Å². The maximum Gasteiger partial charge on any atom is 0.313 e. The molecule has 1 heterocycles. The number of carboxylic acid groups (broad SMARTS) is 1. The van der Waals surface area contributed by atoms with Gasteiger partial charge in [0.25, 0.3) is 0 Å². The lowest BCUT2D eigenvalue weighted by Crippen LogP contribution is -2.17. The number of methoxy groups -OCH3 is 1. The van der Waals surface area contributed by atoms with Crippen LogP contribution in [0.1, 0.15) is 44.7 Å². The average Bonchev–Trinajstić information content (AvgIpc) is 3.07. The maximum atomic E-state index is 10.8. The van der Waals surface area contributed by atoms with Crippen LogP contribution in [-0.4, -0.2) is 40.1 Å². The van der Waals surface area contributed by atoms with Gasteiger partial charge in [0.15, 0.2) is 5.16 Å². The monoisotopic (exact) mass is 312 g/mol. The summed E-state index contributed by atoms with van der Waals surface area (Å²) in [6.07, 6.45) is 5.38. The molecule has 0 aliphatic heterocycles. The van der Waals surface area contributed by atoms with Crippen LogP contribution in [0, 0.1) is 5.41 Å². The minimum atomic E-state index is -0.804. The number of carboxylic acids is 1. The molecule has 1 N–H and O–H groups in total. The van der Waals surface area contributed by atoms with E-state index in [1.54, 1.807) is 7.11 Å². The van der Waals surface area contributed by atoms with E-state index in [1.165, 1.54) is 30.3 Å². The van der Waals surface area contributed by atoms with Gasteiger partial charge in [-0.15, -0.1) is 0 Å². The summed E-state index contributed by atoms with van der Waals surface area (Å²) in [5.74, 6) is -0.365. The molecule has 0 spiro atoms. The number of aliphatic carboxylic acids is 1. The number of thioether (sulfide) groups is 1. The molecule has 1 aromatic heterocycles. The molecule has 21 heavy (non-hydrogen) atoms. The van der Waals surface area contributed by atoms with Crippen LogP contribution in [0.2, 0.25) is 0 Å². The number of aromatic nitrogens is 2. The number of ether oxygens (including phenoxy) is 1. The topological polar surface area (TPSA) is 64.4 Å². The van der Waals surface area contributed by atoms with E-state index in [0.717, 1.165) is 24.7 Å². The quantitative estimate of drug-likeness (QED) is 0.710. The van der Waals surface area contributed by atoms with Crippen LogP contribution in [0.3, 0.4) is 0 Å². The van der Waals surface area contributed by atoms with Gasteiger partial charge in [0, 0.05) is 32.2 Å². The van der Waals surface area contributed by atoms with Gasteiger partial charge in [-0.3, -0.25) is 4.79 Å². The predicted molar refractivity (Wildman–Crippen MR) is 82.8 cm³/mol. The van der Waals surface area contributed by atoms with Gasteiger partial charge in [0.1, 0.15) is 0 Å². The molecule has 118 valence electrons. The molecule has 0 unspecified atom stereocenters. The van der Waals surface area contributed by atoms with E-state index < -0.39 is 5.97 Å². The lowest BCUT2D eigenvalue weighted by molar-refractivity contribution is -0.133. The summed E-state index contributed by atoms with van der Waals surface area (Å²) in [6, 6.07) is 0. The Kier molecular flexibility index (Phi) is 5.32. The van der Waals surface area contributed by atoms with Crippen molar-refractivity contribution in [3.8, 4) is 0 Å². The minimum absolute atomic E-state index is 0.0552. The fourth-order valence-electron chi connectivity index (χ4n) is 2.55. The van der Waals surface area contributed by atoms with E-state index in [0.29, 0.717) is 11.3 Å². The highest BCUT2D eigenvalue weighted by Crippen LogP contribution is 2.51. The summed E-state index contributed by atoms with van der Waals surface area (Å²) in [4.78, 5) is 15.2. The molecule has 6 heteroatoms. The van der Waals surface area contributed by atoms with Crippen LogP contribution in [0.25, 0.3) is 0 Å². The van der Waals surface area contributed by atoms with Crippen LogP contribution in [0.5, 0.6) is 0 Å². The van der Waals surface area contributed by atoms with E-state index in [1.807, 2.05) is 6.20 Å². The highest BCUT2D eigenvalue weighted by Gasteiger charge is 2.43. The van der Waals surface area contributed by atoms with Crippen molar-refractivity contribution in [2.75, 3.05) is 19.5 Å². The Hall–Kier alpha value is -1.01. The molecule has 1 aliphatic rings. The number of hydrogen-bond acceptors (Lipinski definition) is 4. The first-order valence-corrected chi connectivity index (χ1v) is 8.35. The van der Waals surface area contributed by atoms with Crippen LogP contribution >= 0.6 is 11.8 Å². The molecule has 0 saturated heterocycles. The molecule has 0 bridgehead atoms. The van der Waals surface area contributed by atoms with Crippen molar-refractivity contribution in [2.24, 2.45) is 5.41 Å². The zero-order valence-electron chi connectivity index (χ0n) is 13.0. The van der Waals surface area contributed by atoms with Crippen molar-refractivity contribution < 1.29 is 14.6 Å². The van der Waals surface area contributed by atoms with E-state index in [2.05, 4.69) is 23.4 Å². The smallest absolute Gasteiger partial charge is 0.313 e. The second-order valence-corrected chi connectivity index (χ2v) is 7.07. The molecule has 2 rings (SSSR count). The Morgan fingerprint density at radius 2 is 2.29 bits per heavy atom. The third-order valence-electron chi connectivity index (χ3n) is 4.05. The predicted octanol–water partition coefficient (Wildman–Crippen LogP) is 3.00. The average molecular weight is 312 g/mol. The standard InChI is InChI=1S/C15H24N2O3S/c1-11(2)12-8-16-14(21-9-13(18)19)17(12)10-15(4-5-15)6-7-20-3/h8,11H,4-7,9-10H2,1-3H3,(H,18,19). The molecule has 1 saturated carbocycles. The third kappa shape index (κ3) is 4.23. The minimum Gasteiger partial charge on any atom is -0.481 e. The SMILES string of the molecule is COCCC1(Cn2c(C(C)C)cnc2SCC(=O)O)CC1. The van der Waals surface area contributed by atoms with E-state index in [9.17, 15) is 4.79 Å². The number of hydrogen-bond donors (Lipinski definition) is 1. The van der Waals surface area contributed by atoms with Crippen molar-refractivity contribution in [3.63, 3.8) is 0 Å². The van der Waals surface area contributed by atoms with Gasteiger partial charge >= 0.3 is 5.97 Å². The highest BCUT2D eigenvalue weighted by molar-refractivity contribution is 7.99. The maximum absolute atomic E-state index is 10.8. The van der Waals surface area contributed by atoms with Crippen LogP contribution < -0.4 is 0 Å². The molecule has 0 amide bonds. The normalized spacial score (nSPS) is 16.4. The Morgan fingerprint density at radius 1 is 1.57 bits per heavy atom. The molecule has 1 aliphatic carbocycles. The number of rotatable bonds is 9. The summed E-state index contributed by atoms with van der Waals surface area (Å²) >= 11 is 1.31. The molecular formula is C15H24N2O3S. The van der Waals surface area contributed by atoms with Gasteiger partial charge in [0.05, 0.1) is 5.75 Å². The summed E-state index contributed by atoms with van der Waals surface area (Å²) < 4.78 is 7.44. The summed E-state index contributed by atoms with van der Waals surface area (Å²) in [6.45, 7) is 6.00. The lowest BCUT2D eigenvalue weighted by atomic mass is 10.0. The molecule has 0 aromatic carbocycles. The molecule has 1 fully saturated rings. The number of imidazole rings is 1. The van der Waals surface area contributed by atoms with Gasteiger partial charge in [0.2, 0.25) is 0 Å². The van der Waals surface area contributed by atoms with Crippen molar-refractivity contribution >= 4 is 17.7 Å². The second kappa shape index (κ2) is 6.83. The number of nitrogens with zero attached hydrogens (tertiary/aromatic N) is 2. The van der Waals surface area contributed by atoms with Crippen molar-refractivity contribution in [3.05, 3.63) is 11.9 Å². The third-order valence-corrected chi connectivity index (χ3v) is 5.03. The van der Waals surface area contributed by atoms with Gasteiger partial charge in [-0.05, 0) is 30.6 Å². The first kappa shape index (κ1) is 16.4. The summed E-state index contributed by atoms with van der Waals surface area (Å²) in [7, 11) is 1.74. The van der Waals surface area contributed by atoms with Crippen molar-refractivity contribution in [1.82, 2.24) is 9.55 Å². The Labute approximate surface area is 130 Å². The molecule has 0 radical (unpaired) electrons. The molecule has 0 atom stereocenters. The Balaban J connectivity index is 2.14. The fraction of sp³-hybridized carbons (Fsp3) is 0.733. The van der Waals surface area contributed by atoms with Gasteiger partial charge in [-0.2, -0.15) is 0 Å². The first-order valence-electron chi connectivity index (χ1n) is 7.36. The highest BCUT2D eigenvalue weighted by atomic mass is 32.2. The van der Waals surface area contributed by atoms with Crippen LogP contribution in [-0.2, 0) is 16.1 Å². The van der Waals surface area contributed by atoms with E-state index in [4.69, 9.17) is 9.84 Å². The van der Waals surface area contributed by atoms with E-state index >= 15 is 0 Å². The molecular weight excluding hydrogens is 288 g/mol. The Bertz CT molecular complexity index is 495. The first-order chi connectivity index (χ1) is 9.97. The largest absolute Gasteiger partial charge is 0.481 e. The Morgan fingerprint density at radius 3 is 2.81 bits per heavy atom. The van der Waals surface area contributed by atoms with Gasteiger partial charge in [-0.25, -0.2) is 4.98 Å². The van der Waals surface area contributed by atoms with Crippen molar-refractivity contribution in [1.29, 1.82) is 0 Å². The van der Waals surface area contributed by atoms with Crippen molar-refractivity contribution in [2.45, 2.75) is 50.7 Å². The summed E-state index contributed by atoms with van der Waals surface area (Å²) in [5, 5.41) is 9.69. The zero-order valence-corrected chi connectivity index (χ0v) is 13.8. The second-order valence-electron chi connectivity index (χ2n) is 6.13. The zero-order chi connectivity index (χ0) is 15.5. The van der Waals surface area contributed by atoms with E-state index in [-0.39, 0.29) is 5.75 Å². The van der Waals surface area contributed by atoms with Gasteiger partial charge < -0.3 is 14.4 Å². The summed E-state index contributed by atoms with van der Waals surface area (Å²) in [5.41, 5.74) is 1.50. The van der Waals surface area contributed by atoms with Crippen LogP contribution in [0.4, 0.5) is 0 Å². The number of carbonyl (C=O) groups is 1. The fourth-order valence-corrected chi connectivity index (χ4v) is 3.26.